The number of benzene rings is 2. The SMILES string of the molecule is Cc1cccc2c(SCC(=O)N3CCOCC3)nc(-c3ccccc3)nc12. The average Bonchev–Trinajstić information content (AvgIpc) is 2.73. The van der Waals surface area contributed by atoms with Gasteiger partial charge in [-0.15, -0.1) is 0 Å². The molecule has 0 radical (unpaired) electrons. The van der Waals surface area contributed by atoms with Crippen molar-refractivity contribution in [3.8, 4) is 11.4 Å². The molecule has 2 aromatic carbocycles. The molecule has 1 aliphatic rings. The second-order valence-electron chi connectivity index (χ2n) is 6.47. The van der Waals surface area contributed by atoms with Gasteiger partial charge in [-0.3, -0.25) is 4.79 Å². The number of hydrogen-bond acceptors (Lipinski definition) is 5. The van der Waals surface area contributed by atoms with Gasteiger partial charge in [-0.1, -0.05) is 60.3 Å². The average molecular weight is 379 g/mol. The van der Waals surface area contributed by atoms with Crippen LogP contribution in [0.25, 0.3) is 22.3 Å². The molecule has 1 amide bonds. The maximum absolute atomic E-state index is 12.5. The number of fused-ring (bicyclic) bond motifs is 1. The highest BCUT2D eigenvalue weighted by atomic mass is 32.2. The zero-order valence-electron chi connectivity index (χ0n) is 15.2. The molecule has 1 fully saturated rings. The van der Waals surface area contributed by atoms with Crippen LogP contribution in [0.4, 0.5) is 0 Å². The first kappa shape index (κ1) is 17.9. The highest BCUT2D eigenvalue weighted by Crippen LogP contribution is 2.30. The fourth-order valence-electron chi connectivity index (χ4n) is 3.13. The van der Waals surface area contributed by atoms with Gasteiger partial charge in [0, 0.05) is 24.0 Å². The van der Waals surface area contributed by atoms with Crippen molar-refractivity contribution in [2.75, 3.05) is 32.1 Å². The summed E-state index contributed by atoms with van der Waals surface area (Å²) in [7, 11) is 0. The molecule has 1 aromatic heterocycles. The molecule has 27 heavy (non-hydrogen) atoms. The fraction of sp³-hybridized carbons (Fsp3) is 0.286. The number of carbonyl (C=O) groups excluding carboxylic acids is 1. The van der Waals surface area contributed by atoms with Gasteiger partial charge in [-0.25, -0.2) is 9.97 Å². The van der Waals surface area contributed by atoms with E-state index in [9.17, 15) is 4.79 Å². The minimum absolute atomic E-state index is 0.129. The molecule has 138 valence electrons. The van der Waals surface area contributed by atoms with Gasteiger partial charge >= 0.3 is 0 Å². The number of aromatic nitrogens is 2. The van der Waals surface area contributed by atoms with Gasteiger partial charge in [0.1, 0.15) is 5.03 Å². The maximum Gasteiger partial charge on any atom is 0.233 e. The molecule has 3 aromatic rings. The van der Waals surface area contributed by atoms with E-state index in [1.807, 2.05) is 47.4 Å². The van der Waals surface area contributed by atoms with Crippen LogP contribution in [0.3, 0.4) is 0 Å². The Balaban J connectivity index is 1.66. The Morgan fingerprint density at radius 1 is 1.07 bits per heavy atom. The van der Waals surface area contributed by atoms with Crippen LogP contribution in [0.1, 0.15) is 5.56 Å². The smallest absolute Gasteiger partial charge is 0.233 e. The van der Waals surface area contributed by atoms with Crippen LogP contribution in [-0.2, 0) is 9.53 Å². The number of rotatable bonds is 4. The molecule has 6 heteroatoms. The van der Waals surface area contributed by atoms with Crippen LogP contribution in [0.15, 0.2) is 53.6 Å². The molecule has 0 atom stereocenters. The van der Waals surface area contributed by atoms with E-state index in [4.69, 9.17) is 14.7 Å². The molecule has 1 aliphatic heterocycles. The number of thioether (sulfide) groups is 1. The zero-order chi connectivity index (χ0) is 18.6. The predicted octanol–water partition coefficient (Wildman–Crippen LogP) is 3.56. The Kier molecular flexibility index (Phi) is 5.36. The zero-order valence-corrected chi connectivity index (χ0v) is 16.0. The lowest BCUT2D eigenvalue weighted by atomic mass is 10.1. The Morgan fingerprint density at radius 2 is 1.85 bits per heavy atom. The molecule has 0 unspecified atom stereocenters. The molecule has 4 rings (SSSR count). The number of amides is 1. The fourth-order valence-corrected chi connectivity index (χ4v) is 4.04. The first-order chi connectivity index (χ1) is 13.2. The Morgan fingerprint density at radius 3 is 2.63 bits per heavy atom. The maximum atomic E-state index is 12.5. The van der Waals surface area contributed by atoms with Gasteiger partial charge in [0.2, 0.25) is 5.91 Å². The third-order valence-electron chi connectivity index (χ3n) is 4.62. The molecular formula is C21H21N3O2S. The van der Waals surface area contributed by atoms with Crippen LogP contribution < -0.4 is 0 Å². The number of hydrogen-bond donors (Lipinski definition) is 0. The van der Waals surface area contributed by atoms with Gasteiger partial charge in [0.15, 0.2) is 5.82 Å². The third-order valence-corrected chi connectivity index (χ3v) is 5.60. The van der Waals surface area contributed by atoms with E-state index in [0.29, 0.717) is 37.9 Å². The molecule has 2 heterocycles. The van der Waals surface area contributed by atoms with Crippen LogP contribution in [0.5, 0.6) is 0 Å². The number of nitrogens with zero attached hydrogens (tertiary/aromatic N) is 3. The topological polar surface area (TPSA) is 55.3 Å². The summed E-state index contributed by atoms with van der Waals surface area (Å²) in [5.74, 6) is 1.19. The summed E-state index contributed by atoms with van der Waals surface area (Å²) in [5.41, 5.74) is 3.02. The second kappa shape index (κ2) is 8.06. The van der Waals surface area contributed by atoms with Crippen molar-refractivity contribution in [3.05, 3.63) is 54.1 Å². The standard InChI is InChI=1S/C21H21N3O2S/c1-15-6-5-9-17-19(15)22-20(16-7-3-2-4-8-16)23-21(17)27-14-18(25)24-10-12-26-13-11-24/h2-9H,10-14H2,1H3. The van der Waals surface area contributed by atoms with Crippen LogP contribution in [0, 0.1) is 6.92 Å². The lowest BCUT2D eigenvalue weighted by Crippen LogP contribution is -2.41. The number of carbonyl (C=O) groups is 1. The predicted molar refractivity (Wildman–Crippen MR) is 108 cm³/mol. The van der Waals surface area contributed by atoms with E-state index in [-0.39, 0.29) is 5.91 Å². The quantitative estimate of drug-likeness (QED) is 0.512. The van der Waals surface area contributed by atoms with E-state index >= 15 is 0 Å². The molecule has 5 nitrogen and oxygen atoms in total. The first-order valence-corrected chi connectivity index (χ1v) is 10.0. The molecule has 0 N–H and O–H groups in total. The summed E-state index contributed by atoms with van der Waals surface area (Å²) in [6.07, 6.45) is 0. The van der Waals surface area contributed by atoms with Crippen molar-refractivity contribution >= 4 is 28.6 Å². The Hall–Kier alpha value is -2.44. The lowest BCUT2D eigenvalue weighted by molar-refractivity contribution is -0.132. The highest BCUT2D eigenvalue weighted by molar-refractivity contribution is 8.00. The van der Waals surface area contributed by atoms with Crippen molar-refractivity contribution < 1.29 is 9.53 Å². The van der Waals surface area contributed by atoms with E-state index in [0.717, 1.165) is 27.1 Å². The lowest BCUT2D eigenvalue weighted by Gasteiger charge is -2.26. The first-order valence-electron chi connectivity index (χ1n) is 9.03. The van der Waals surface area contributed by atoms with E-state index in [2.05, 4.69) is 13.0 Å². The summed E-state index contributed by atoms with van der Waals surface area (Å²) >= 11 is 1.49. The van der Waals surface area contributed by atoms with Crippen molar-refractivity contribution in [2.24, 2.45) is 0 Å². The minimum atomic E-state index is 0.129. The van der Waals surface area contributed by atoms with Crippen LogP contribution >= 0.6 is 11.8 Å². The van der Waals surface area contributed by atoms with Crippen molar-refractivity contribution in [1.29, 1.82) is 0 Å². The normalized spacial score (nSPS) is 14.5. The van der Waals surface area contributed by atoms with E-state index in [1.54, 1.807) is 0 Å². The van der Waals surface area contributed by atoms with Crippen molar-refractivity contribution in [2.45, 2.75) is 11.9 Å². The molecule has 0 saturated carbocycles. The summed E-state index contributed by atoms with van der Waals surface area (Å²) in [6, 6.07) is 16.0. The Bertz CT molecular complexity index is 956. The molecule has 0 bridgehead atoms. The van der Waals surface area contributed by atoms with Crippen LogP contribution in [-0.4, -0.2) is 52.8 Å². The van der Waals surface area contributed by atoms with Crippen molar-refractivity contribution in [1.82, 2.24) is 14.9 Å². The molecule has 1 saturated heterocycles. The monoisotopic (exact) mass is 379 g/mol. The van der Waals surface area contributed by atoms with Gasteiger partial charge in [0.25, 0.3) is 0 Å². The highest BCUT2D eigenvalue weighted by Gasteiger charge is 2.18. The van der Waals surface area contributed by atoms with E-state index in [1.165, 1.54) is 11.8 Å². The van der Waals surface area contributed by atoms with Gasteiger partial charge in [-0.05, 0) is 12.5 Å². The van der Waals surface area contributed by atoms with Gasteiger partial charge in [-0.2, -0.15) is 0 Å². The number of ether oxygens (including phenoxy) is 1. The minimum Gasteiger partial charge on any atom is -0.378 e. The molecule has 0 spiro atoms. The third kappa shape index (κ3) is 3.96. The van der Waals surface area contributed by atoms with Gasteiger partial charge in [0.05, 0.1) is 24.5 Å². The van der Waals surface area contributed by atoms with Crippen LogP contribution in [0.2, 0.25) is 0 Å². The summed E-state index contributed by atoms with van der Waals surface area (Å²) in [6.45, 7) is 4.61. The number of aryl methyl sites for hydroxylation is 1. The van der Waals surface area contributed by atoms with Gasteiger partial charge < -0.3 is 9.64 Å². The van der Waals surface area contributed by atoms with E-state index < -0.39 is 0 Å². The molecular weight excluding hydrogens is 358 g/mol. The number of morpholine rings is 1. The largest absolute Gasteiger partial charge is 0.378 e. The summed E-state index contributed by atoms with van der Waals surface area (Å²) in [4.78, 5) is 24.0. The number of para-hydroxylation sites is 1. The summed E-state index contributed by atoms with van der Waals surface area (Å²) in [5, 5.41) is 1.85. The Labute approximate surface area is 162 Å². The second-order valence-corrected chi connectivity index (χ2v) is 7.44. The molecule has 0 aliphatic carbocycles. The van der Waals surface area contributed by atoms with Crippen molar-refractivity contribution in [3.63, 3.8) is 0 Å². The summed E-state index contributed by atoms with van der Waals surface area (Å²) < 4.78 is 5.33.